The predicted octanol–water partition coefficient (Wildman–Crippen LogP) is 6.05. The van der Waals surface area contributed by atoms with Gasteiger partial charge in [-0.1, -0.05) is 90.7 Å². The smallest absolute Gasteiger partial charge is 0.309 e. The van der Waals surface area contributed by atoms with Crippen molar-refractivity contribution in [2.24, 2.45) is 5.92 Å². The van der Waals surface area contributed by atoms with Gasteiger partial charge in [0.25, 0.3) is 0 Å². The zero-order valence-corrected chi connectivity index (χ0v) is 14.4. The highest BCUT2D eigenvalue weighted by Gasteiger charge is 2.18. The Morgan fingerprint density at radius 2 is 1.38 bits per heavy atom. The fraction of sp³-hybridized carbons (Fsp3) is 0.842. The van der Waals surface area contributed by atoms with E-state index in [4.69, 9.17) is 4.74 Å². The quantitative estimate of drug-likeness (QED) is 0.209. The molecule has 0 fully saturated rings. The largest absolute Gasteiger partial charge is 0.461 e. The molecule has 0 aliphatic rings. The molecule has 0 radical (unpaired) electrons. The van der Waals surface area contributed by atoms with E-state index in [1.54, 1.807) is 6.08 Å². The van der Waals surface area contributed by atoms with Crippen molar-refractivity contribution in [3.8, 4) is 0 Å². The van der Waals surface area contributed by atoms with Crippen LogP contribution in [0.1, 0.15) is 90.9 Å². The van der Waals surface area contributed by atoms with Crippen LogP contribution < -0.4 is 0 Å². The number of carbonyl (C=O) groups is 1. The monoisotopic (exact) mass is 296 g/mol. The average Bonchev–Trinajstić information content (AvgIpc) is 2.50. The Morgan fingerprint density at radius 1 is 0.905 bits per heavy atom. The van der Waals surface area contributed by atoms with E-state index in [1.165, 1.54) is 51.4 Å². The van der Waals surface area contributed by atoms with E-state index in [0.717, 1.165) is 25.7 Å². The van der Waals surface area contributed by atoms with Crippen molar-refractivity contribution in [1.29, 1.82) is 0 Å². The normalized spacial score (nSPS) is 12.1. The first kappa shape index (κ1) is 20.2. The zero-order chi connectivity index (χ0) is 15.8. The second kappa shape index (κ2) is 15.6. The SMILES string of the molecule is C=CCOC(=O)C(CCCCCC)CCCCCCCC. The minimum atomic E-state index is -0.0139. The molecule has 0 aromatic heterocycles. The van der Waals surface area contributed by atoms with Crippen LogP contribution in [0.25, 0.3) is 0 Å². The first-order chi connectivity index (χ1) is 10.3. The first-order valence-electron chi connectivity index (χ1n) is 9.03. The molecule has 0 amide bonds. The second-order valence-corrected chi connectivity index (χ2v) is 6.02. The zero-order valence-electron chi connectivity index (χ0n) is 14.4. The first-order valence-corrected chi connectivity index (χ1v) is 9.03. The topological polar surface area (TPSA) is 26.3 Å². The van der Waals surface area contributed by atoms with Crippen LogP contribution in [-0.2, 0) is 9.53 Å². The third-order valence-electron chi connectivity index (χ3n) is 3.99. The van der Waals surface area contributed by atoms with Crippen molar-refractivity contribution in [1.82, 2.24) is 0 Å². The molecule has 0 bridgehead atoms. The summed E-state index contributed by atoms with van der Waals surface area (Å²) in [4.78, 5) is 12.1. The van der Waals surface area contributed by atoms with Crippen molar-refractivity contribution in [3.05, 3.63) is 12.7 Å². The molecule has 0 N–H and O–H groups in total. The standard InChI is InChI=1S/C19H36O2/c1-4-7-9-11-12-14-16-18(15-13-10-8-5-2)19(20)21-17-6-3/h6,18H,3-5,7-17H2,1-2H3. The molecule has 1 atom stereocenters. The van der Waals surface area contributed by atoms with Gasteiger partial charge in [-0.3, -0.25) is 4.79 Å². The van der Waals surface area contributed by atoms with Crippen LogP contribution in [-0.4, -0.2) is 12.6 Å². The molecule has 2 nitrogen and oxygen atoms in total. The van der Waals surface area contributed by atoms with Gasteiger partial charge in [-0.25, -0.2) is 0 Å². The second-order valence-electron chi connectivity index (χ2n) is 6.02. The molecule has 0 heterocycles. The van der Waals surface area contributed by atoms with Gasteiger partial charge in [-0.15, -0.1) is 0 Å². The maximum Gasteiger partial charge on any atom is 0.309 e. The molecule has 124 valence electrons. The summed E-state index contributed by atoms with van der Waals surface area (Å²) in [6, 6.07) is 0. The van der Waals surface area contributed by atoms with E-state index in [1.807, 2.05) is 0 Å². The van der Waals surface area contributed by atoms with Gasteiger partial charge < -0.3 is 4.74 Å². The Labute approximate surface area is 132 Å². The van der Waals surface area contributed by atoms with Gasteiger partial charge in [0.05, 0.1) is 5.92 Å². The number of esters is 1. The third kappa shape index (κ3) is 12.6. The fourth-order valence-corrected chi connectivity index (χ4v) is 2.63. The van der Waals surface area contributed by atoms with E-state index in [0.29, 0.717) is 6.61 Å². The summed E-state index contributed by atoms with van der Waals surface area (Å²) in [6.07, 6.45) is 16.2. The van der Waals surface area contributed by atoms with E-state index >= 15 is 0 Å². The summed E-state index contributed by atoms with van der Waals surface area (Å²) in [5, 5.41) is 0. The summed E-state index contributed by atoms with van der Waals surface area (Å²) in [5.41, 5.74) is 0. The molecule has 0 aromatic carbocycles. The maximum absolute atomic E-state index is 12.1. The predicted molar refractivity (Wildman–Crippen MR) is 91.4 cm³/mol. The number of rotatable bonds is 15. The molecule has 2 heteroatoms. The van der Waals surface area contributed by atoms with Crippen LogP contribution in [0.4, 0.5) is 0 Å². The van der Waals surface area contributed by atoms with E-state index < -0.39 is 0 Å². The van der Waals surface area contributed by atoms with Gasteiger partial charge in [0.1, 0.15) is 6.61 Å². The van der Waals surface area contributed by atoms with Gasteiger partial charge in [-0.05, 0) is 12.8 Å². The summed E-state index contributed by atoms with van der Waals surface area (Å²) in [7, 11) is 0. The van der Waals surface area contributed by atoms with Crippen molar-refractivity contribution < 1.29 is 9.53 Å². The molecule has 0 aromatic rings. The summed E-state index contributed by atoms with van der Waals surface area (Å²) >= 11 is 0. The van der Waals surface area contributed by atoms with Crippen LogP contribution in [0, 0.1) is 5.92 Å². The number of hydrogen-bond donors (Lipinski definition) is 0. The maximum atomic E-state index is 12.1. The van der Waals surface area contributed by atoms with E-state index in [2.05, 4.69) is 20.4 Å². The lowest BCUT2D eigenvalue weighted by Crippen LogP contribution is -2.18. The Bertz CT molecular complexity index is 248. The highest BCUT2D eigenvalue weighted by molar-refractivity contribution is 5.72. The van der Waals surface area contributed by atoms with Gasteiger partial charge in [0.2, 0.25) is 0 Å². The number of unbranched alkanes of at least 4 members (excludes halogenated alkanes) is 8. The molecule has 1 unspecified atom stereocenters. The molecule has 0 aliphatic heterocycles. The lowest BCUT2D eigenvalue weighted by atomic mass is 9.94. The minimum absolute atomic E-state index is 0.0139. The van der Waals surface area contributed by atoms with Crippen molar-refractivity contribution >= 4 is 5.97 Å². The van der Waals surface area contributed by atoms with Crippen LogP contribution in [0.2, 0.25) is 0 Å². The van der Waals surface area contributed by atoms with Crippen LogP contribution in [0.5, 0.6) is 0 Å². The van der Waals surface area contributed by atoms with Crippen LogP contribution in [0.15, 0.2) is 12.7 Å². The molecule has 0 spiro atoms. The van der Waals surface area contributed by atoms with Crippen LogP contribution >= 0.6 is 0 Å². The van der Waals surface area contributed by atoms with Gasteiger partial charge in [0.15, 0.2) is 0 Å². The molecular formula is C19H36O2. The molecular weight excluding hydrogens is 260 g/mol. The molecule has 0 aliphatic carbocycles. The Balaban J connectivity index is 3.93. The molecule has 21 heavy (non-hydrogen) atoms. The lowest BCUT2D eigenvalue weighted by molar-refractivity contribution is -0.147. The lowest BCUT2D eigenvalue weighted by Gasteiger charge is -2.15. The minimum Gasteiger partial charge on any atom is -0.461 e. The van der Waals surface area contributed by atoms with Gasteiger partial charge in [0, 0.05) is 0 Å². The Hall–Kier alpha value is -0.790. The molecule has 0 rings (SSSR count). The Morgan fingerprint density at radius 3 is 1.90 bits per heavy atom. The number of ether oxygens (including phenoxy) is 1. The third-order valence-corrected chi connectivity index (χ3v) is 3.99. The highest BCUT2D eigenvalue weighted by atomic mass is 16.5. The van der Waals surface area contributed by atoms with Gasteiger partial charge >= 0.3 is 5.97 Å². The van der Waals surface area contributed by atoms with Gasteiger partial charge in [-0.2, -0.15) is 0 Å². The van der Waals surface area contributed by atoms with E-state index in [-0.39, 0.29) is 11.9 Å². The molecule has 0 saturated carbocycles. The fourth-order valence-electron chi connectivity index (χ4n) is 2.63. The average molecular weight is 296 g/mol. The summed E-state index contributed by atoms with van der Waals surface area (Å²) in [6.45, 7) is 8.41. The number of carbonyl (C=O) groups excluding carboxylic acids is 1. The summed E-state index contributed by atoms with van der Waals surface area (Å²) in [5.74, 6) is 0.0907. The molecule has 0 saturated heterocycles. The Kier molecular flexibility index (Phi) is 15.0. The van der Waals surface area contributed by atoms with Crippen molar-refractivity contribution in [3.63, 3.8) is 0 Å². The van der Waals surface area contributed by atoms with E-state index in [9.17, 15) is 4.79 Å². The van der Waals surface area contributed by atoms with Crippen molar-refractivity contribution in [2.75, 3.05) is 6.61 Å². The highest BCUT2D eigenvalue weighted by Crippen LogP contribution is 2.20. The summed E-state index contributed by atoms with van der Waals surface area (Å²) < 4.78 is 5.25. The van der Waals surface area contributed by atoms with Crippen LogP contribution in [0.3, 0.4) is 0 Å². The number of hydrogen-bond acceptors (Lipinski definition) is 2. The van der Waals surface area contributed by atoms with Crippen molar-refractivity contribution in [2.45, 2.75) is 90.9 Å².